The SMILES string of the molecule is CCOC(=O)Cc1ncc(C#N)cc1S. The largest absolute Gasteiger partial charge is 0.466 e. The summed E-state index contributed by atoms with van der Waals surface area (Å²) in [6.07, 6.45) is 1.49. The number of esters is 1. The zero-order valence-corrected chi connectivity index (χ0v) is 9.12. The standard InChI is InChI=1S/C10H10N2O2S/c1-2-14-10(13)4-8-9(15)3-7(5-11)6-12-8/h3,6,15H,2,4H2,1H3. The van der Waals surface area contributed by atoms with Crippen molar-refractivity contribution in [2.24, 2.45) is 0 Å². The molecule has 0 amide bonds. The minimum absolute atomic E-state index is 0.0817. The number of ether oxygens (including phenoxy) is 1. The fraction of sp³-hybridized carbons (Fsp3) is 0.300. The number of pyridine rings is 1. The van der Waals surface area contributed by atoms with E-state index < -0.39 is 0 Å². The number of nitrogens with zero attached hydrogens (tertiary/aromatic N) is 2. The Labute approximate surface area is 93.3 Å². The number of hydrogen-bond acceptors (Lipinski definition) is 5. The van der Waals surface area contributed by atoms with Gasteiger partial charge in [-0.05, 0) is 13.0 Å². The molecule has 78 valence electrons. The third-order valence-electron chi connectivity index (χ3n) is 1.69. The normalized spacial score (nSPS) is 9.40. The molecule has 0 fully saturated rings. The molecule has 0 N–H and O–H groups in total. The highest BCUT2D eigenvalue weighted by Crippen LogP contribution is 2.13. The first-order chi connectivity index (χ1) is 7.17. The first kappa shape index (κ1) is 11.5. The summed E-state index contributed by atoms with van der Waals surface area (Å²) in [6.45, 7) is 2.09. The molecule has 1 aromatic rings. The van der Waals surface area contributed by atoms with Gasteiger partial charge >= 0.3 is 5.97 Å². The second kappa shape index (κ2) is 5.37. The van der Waals surface area contributed by atoms with Crippen molar-refractivity contribution in [1.29, 1.82) is 5.26 Å². The summed E-state index contributed by atoms with van der Waals surface area (Å²) in [5, 5.41) is 8.60. The van der Waals surface area contributed by atoms with E-state index in [9.17, 15) is 4.79 Å². The third-order valence-corrected chi connectivity index (χ3v) is 2.08. The minimum Gasteiger partial charge on any atom is -0.466 e. The summed E-state index contributed by atoms with van der Waals surface area (Å²) in [7, 11) is 0. The fourth-order valence-corrected chi connectivity index (χ4v) is 1.30. The summed E-state index contributed by atoms with van der Waals surface area (Å²) < 4.78 is 4.78. The number of aromatic nitrogens is 1. The van der Waals surface area contributed by atoms with Gasteiger partial charge in [-0.2, -0.15) is 5.26 Å². The molecule has 0 unspecified atom stereocenters. The van der Waals surface area contributed by atoms with Crippen LogP contribution < -0.4 is 0 Å². The third kappa shape index (κ3) is 3.26. The number of thiol groups is 1. The maximum Gasteiger partial charge on any atom is 0.311 e. The Kier molecular flexibility index (Phi) is 4.13. The van der Waals surface area contributed by atoms with Crippen LogP contribution in [0.2, 0.25) is 0 Å². The van der Waals surface area contributed by atoms with Crippen LogP contribution in [-0.2, 0) is 16.0 Å². The van der Waals surface area contributed by atoms with E-state index in [1.54, 1.807) is 13.0 Å². The second-order valence-electron chi connectivity index (χ2n) is 2.78. The van der Waals surface area contributed by atoms with Gasteiger partial charge < -0.3 is 4.74 Å². The van der Waals surface area contributed by atoms with Crippen LogP contribution in [0.4, 0.5) is 0 Å². The van der Waals surface area contributed by atoms with Crippen molar-refractivity contribution in [2.75, 3.05) is 6.61 Å². The average Bonchev–Trinajstić information content (AvgIpc) is 2.21. The van der Waals surface area contributed by atoms with E-state index in [2.05, 4.69) is 17.6 Å². The maximum atomic E-state index is 11.2. The van der Waals surface area contributed by atoms with Gasteiger partial charge in [0.1, 0.15) is 6.07 Å². The van der Waals surface area contributed by atoms with Gasteiger partial charge in [0.2, 0.25) is 0 Å². The molecule has 1 heterocycles. The molecule has 0 aliphatic heterocycles. The Balaban J connectivity index is 2.79. The van der Waals surface area contributed by atoms with Gasteiger partial charge in [-0.3, -0.25) is 9.78 Å². The quantitative estimate of drug-likeness (QED) is 0.619. The van der Waals surface area contributed by atoms with Crippen LogP contribution >= 0.6 is 12.6 Å². The summed E-state index contributed by atoms with van der Waals surface area (Å²) in [4.78, 5) is 15.7. The number of nitriles is 1. The number of hydrogen-bond donors (Lipinski definition) is 1. The van der Waals surface area contributed by atoms with Crippen molar-refractivity contribution in [2.45, 2.75) is 18.2 Å². The van der Waals surface area contributed by atoms with E-state index >= 15 is 0 Å². The molecule has 0 saturated carbocycles. The molecule has 0 saturated heterocycles. The van der Waals surface area contributed by atoms with Crippen molar-refractivity contribution in [3.05, 3.63) is 23.5 Å². The monoisotopic (exact) mass is 222 g/mol. The van der Waals surface area contributed by atoms with Crippen molar-refractivity contribution in [3.8, 4) is 6.07 Å². The lowest BCUT2D eigenvalue weighted by Gasteiger charge is -2.03. The molecular weight excluding hydrogens is 212 g/mol. The average molecular weight is 222 g/mol. The van der Waals surface area contributed by atoms with Gasteiger partial charge in [0.25, 0.3) is 0 Å². The van der Waals surface area contributed by atoms with Crippen molar-refractivity contribution < 1.29 is 9.53 Å². The molecule has 0 bridgehead atoms. The number of rotatable bonds is 3. The van der Waals surface area contributed by atoms with E-state index in [0.29, 0.717) is 22.8 Å². The van der Waals surface area contributed by atoms with Crippen LogP contribution in [-0.4, -0.2) is 17.6 Å². The highest BCUT2D eigenvalue weighted by Gasteiger charge is 2.08. The van der Waals surface area contributed by atoms with Crippen molar-refractivity contribution in [1.82, 2.24) is 4.98 Å². The van der Waals surface area contributed by atoms with Gasteiger partial charge in [-0.15, -0.1) is 12.6 Å². The number of carbonyl (C=O) groups is 1. The smallest absolute Gasteiger partial charge is 0.311 e. The lowest BCUT2D eigenvalue weighted by molar-refractivity contribution is -0.142. The molecule has 1 aromatic heterocycles. The number of carbonyl (C=O) groups excluding carboxylic acids is 1. The molecule has 5 heteroatoms. The zero-order valence-electron chi connectivity index (χ0n) is 8.23. The van der Waals surface area contributed by atoms with Crippen LogP contribution in [0.25, 0.3) is 0 Å². The molecule has 1 rings (SSSR count). The summed E-state index contributed by atoms with van der Waals surface area (Å²) in [5.41, 5.74) is 0.948. The Morgan fingerprint density at radius 1 is 1.73 bits per heavy atom. The molecule has 4 nitrogen and oxygen atoms in total. The fourth-order valence-electron chi connectivity index (χ4n) is 1.03. The van der Waals surface area contributed by atoms with Gasteiger partial charge in [0.05, 0.1) is 24.3 Å². The first-order valence-corrected chi connectivity index (χ1v) is 4.85. The molecule has 0 aliphatic carbocycles. The molecule has 0 atom stereocenters. The first-order valence-electron chi connectivity index (χ1n) is 4.41. The van der Waals surface area contributed by atoms with E-state index in [1.165, 1.54) is 6.20 Å². The van der Waals surface area contributed by atoms with E-state index in [0.717, 1.165) is 0 Å². The Hall–Kier alpha value is -1.54. The highest BCUT2D eigenvalue weighted by molar-refractivity contribution is 7.80. The highest BCUT2D eigenvalue weighted by atomic mass is 32.1. The lowest BCUT2D eigenvalue weighted by atomic mass is 10.2. The molecule has 0 aromatic carbocycles. The van der Waals surface area contributed by atoms with Crippen LogP contribution in [0.3, 0.4) is 0 Å². The maximum absolute atomic E-state index is 11.2. The van der Waals surface area contributed by atoms with E-state index in [4.69, 9.17) is 10.00 Å². The topological polar surface area (TPSA) is 63.0 Å². The van der Waals surface area contributed by atoms with E-state index in [-0.39, 0.29) is 12.4 Å². The predicted octanol–water partition coefficient (Wildman–Crippen LogP) is 1.35. The van der Waals surface area contributed by atoms with Gasteiger partial charge in [-0.25, -0.2) is 0 Å². The summed E-state index contributed by atoms with van der Waals surface area (Å²) in [5.74, 6) is -0.343. The lowest BCUT2D eigenvalue weighted by Crippen LogP contribution is -2.09. The van der Waals surface area contributed by atoms with Crippen LogP contribution in [0, 0.1) is 11.3 Å². The molecule has 0 spiro atoms. The molecule has 15 heavy (non-hydrogen) atoms. The Morgan fingerprint density at radius 2 is 2.47 bits per heavy atom. The van der Waals surface area contributed by atoms with Gasteiger partial charge in [0.15, 0.2) is 0 Å². The van der Waals surface area contributed by atoms with Crippen LogP contribution in [0.5, 0.6) is 0 Å². The Bertz CT molecular complexity index is 412. The van der Waals surface area contributed by atoms with Crippen LogP contribution in [0.15, 0.2) is 17.2 Å². The van der Waals surface area contributed by atoms with Gasteiger partial charge in [0, 0.05) is 11.1 Å². The summed E-state index contributed by atoms with van der Waals surface area (Å²) >= 11 is 4.14. The molecule has 0 aliphatic rings. The van der Waals surface area contributed by atoms with E-state index in [1.807, 2.05) is 6.07 Å². The van der Waals surface area contributed by atoms with Crippen LogP contribution in [0.1, 0.15) is 18.2 Å². The molecular formula is C10H10N2O2S. The Morgan fingerprint density at radius 3 is 3.00 bits per heavy atom. The minimum atomic E-state index is -0.343. The summed E-state index contributed by atoms with van der Waals surface area (Å²) in [6, 6.07) is 3.52. The zero-order chi connectivity index (χ0) is 11.3. The van der Waals surface area contributed by atoms with Crippen molar-refractivity contribution >= 4 is 18.6 Å². The van der Waals surface area contributed by atoms with Gasteiger partial charge in [-0.1, -0.05) is 0 Å². The molecule has 0 radical (unpaired) electrons. The second-order valence-corrected chi connectivity index (χ2v) is 3.27. The van der Waals surface area contributed by atoms with Crippen molar-refractivity contribution in [3.63, 3.8) is 0 Å². The predicted molar refractivity (Wildman–Crippen MR) is 56.5 cm³/mol.